The second-order valence-electron chi connectivity index (χ2n) is 4.81. The molecule has 108 valence electrons. The average molecular weight is 422 g/mol. The molecule has 0 aliphatic rings. The van der Waals surface area contributed by atoms with Gasteiger partial charge in [0.15, 0.2) is 0 Å². The Labute approximate surface area is 144 Å². The number of fused-ring (bicyclic) bond motifs is 2. The van der Waals surface area contributed by atoms with Gasteiger partial charge in [0.05, 0.1) is 33.7 Å². The van der Waals surface area contributed by atoms with Gasteiger partial charge in [-0.3, -0.25) is 0 Å². The molecule has 0 amide bonds. The van der Waals surface area contributed by atoms with E-state index in [9.17, 15) is 0 Å². The van der Waals surface area contributed by atoms with Gasteiger partial charge in [-0.1, -0.05) is 6.07 Å². The zero-order chi connectivity index (χ0) is 15.1. The van der Waals surface area contributed by atoms with E-state index < -0.39 is 0 Å². The minimum absolute atomic E-state index is 0.321. The SMILES string of the molecule is ClCc1coc(-c2cccc3nc4ccc(I)cc4nc23)n1. The second-order valence-corrected chi connectivity index (χ2v) is 6.32. The third kappa shape index (κ3) is 2.34. The number of oxazole rings is 1. The molecule has 0 unspecified atom stereocenters. The highest BCUT2D eigenvalue weighted by Crippen LogP contribution is 2.28. The molecule has 0 fully saturated rings. The van der Waals surface area contributed by atoms with Crippen LogP contribution in [0.25, 0.3) is 33.5 Å². The van der Waals surface area contributed by atoms with Crippen LogP contribution < -0.4 is 0 Å². The number of hydrogen-bond donors (Lipinski definition) is 0. The van der Waals surface area contributed by atoms with E-state index in [4.69, 9.17) is 21.0 Å². The third-order valence-corrected chi connectivity index (χ3v) is 4.29. The van der Waals surface area contributed by atoms with Crippen LogP contribution in [0.2, 0.25) is 0 Å². The van der Waals surface area contributed by atoms with Crippen LogP contribution in [-0.4, -0.2) is 15.0 Å². The summed E-state index contributed by atoms with van der Waals surface area (Å²) >= 11 is 8.06. The van der Waals surface area contributed by atoms with E-state index in [1.54, 1.807) is 6.26 Å². The molecule has 2 heterocycles. The molecule has 2 aromatic carbocycles. The molecule has 0 saturated carbocycles. The number of alkyl halides is 1. The Morgan fingerprint density at radius 3 is 2.73 bits per heavy atom. The fraction of sp³-hybridized carbons (Fsp3) is 0.0625. The van der Waals surface area contributed by atoms with E-state index in [2.05, 4.69) is 32.6 Å². The van der Waals surface area contributed by atoms with E-state index in [-0.39, 0.29) is 0 Å². The van der Waals surface area contributed by atoms with Crippen LogP contribution in [0.3, 0.4) is 0 Å². The van der Waals surface area contributed by atoms with Crippen molar-refractivity contribution in [1.82, 2.24) is 15.0 Å². The van der Waals surface area contributed by atoms with Crippen LogP contribution >= 0.6 is 34.2 Å². The van der Waals surface area contributed by atoms with Crippen molar-refractivity contribution in [1.29, 1.82) is 0 Å². The quantitative estimate of drug-likeness (QED) is 0.265. The van der Waals surface area contributed by atoms with Gasteiger partial charge in [-0.25, -0.2) is 15.0 Å². The first-order chi connectivity index (χ1) is 10.7. The summed E-state index contributed by atoms with van der Waals surface area (Å²) in [5, 5.41) is 0. The molecule has 4 aromatic rings. The van der Waals surface area contributed by atoms with E-state index >= 15 is 0 Å². The fourth-order valence-electron chi connectivity index (χ4n) is 2.33. The molecule has 0 N–H and O–H groups in total. The van der Waals surface area contributed by atoms with Gasteiger partial charge in [0.2, 0.25) is 5.89 Å². The molecule has 0 aliphatic carbocycles. The highest BCUT2D eigenvalue weighted by atomic mass is 127. The first kappa shape index (κ1) is 13.9. The third-order valence-electron chi connectivity index (χ3n) is 3.34. The van der Waals surface area contributed by atoms with Gasteiger partial charge >= 0.3 is 0 Å². The van der Waals surface area contributed by atoms with Gasteiger partial charge in [-0.2, -0.15) is 0 Å². The van der Waals surface area contributed by atoms with Crippen molar-refractivity contribution in [2.24, 2.45) is 0 Å². The first-order valence-corrected chi connectivity index (χ1v) is 8.23. The van der Waals surface area contributed by atoms with Crippen molar-refractivity contribution in [2.45, 2.75) is 5.88 Å². The van der Waals surface area contributed by atoms with Crippen LogP contribution in [0.5, 0.6) is 0 Å². The van der Waals surface area contributed by atoms with Crippen molar-refractivity contribution in [3.8, 4) is 11.5 Å². The van der Waals surface area contributed by atoms with Gasteiger partial charge in [-0.05, 0) is 52.9 Å². The molecule has 4 nitrogen and oxygen atoms in total. The lowest BCUT2D eigenvalue weighted by molar-refractivity contribution is 0.574. The highest BCUT2D eigenvalue weighted by molar-refractivity contribution is 14.1. The fourth-order valence-corrected chi connectivity index (χ4v) is 2.93. The molecule has 22 heavy (non-hydrogen) atoms. The van der Waals surface area contributed by atoms with Gasteiger partial charge in [-0.15, -0.1) is 11.6 Å². The molecule has 2 aromatic heterocycles. The lowest BCUT2D eigenvalue weighted by atomic mass is 10.1. The molecule has 4 rings (SSSR count). The normalized spacial score (nSPS) is 11.4. The van der Waals surface area contributed by atoms with E-state index in [1.807, 2.05) is 36.4 Å². The molecular formula is C16H9ClIN3O. The topological polar surface area (TPSA) is 51.8 Å². The summed E-state index contributed by atoms with van der Waals surface area (Å²) in [4.78, 5) is 13.8. The van der Waals surface area contributed by atoms with Gasteiger partial charge < -0.3 is 4.42 Å². The van der Waals surface area contributed by atoms with Crippen LogP contribution in [0, 0.1) is 3.57 Å². The summed E-state index contributed by atoms with van der Waals surface area (Å²) in [6.07, 6.45) is 1.57. The number of aromatic nitrogens is 3. The number of para-hydroxylation sites is 1. The van der Waals surface area contributed by atoms with Crippen LogP contribution in [-0.2, 0) is 5.88 Å². The van der Waals surface area contributed by atoms with Crippen LogP contribution in [0.4, 0.5) is 0 Å². The summed E-state index contributed by atoms with van der Waals surface area (Å²) in [6.45, 7) is 0. The Morgan fingerprint density at radius 1 is 1.00 bits per heavy atom. The zero-order valence-corrected chi connectivity index (χ0v) is 14.2. The Kier molecular flexibility index (Phi) is 3.46. The van der Waals surface area contributed by atoms with E-state index in [1.165, 1.54) is 0 Å². The monoisotopic (exact) mass is 421 g/mol. The Bertz CT molecular complexity index is 999. The molecule has 0 radical (unpaired) electrons. The molecular weight excluding hydrogens is 413 g/mol. The van der Waals surface area contributed by atoms with Crippen LogP contribution in [0.1, 0.15) is 5.69 Å². The van der Waals surface area contributed by atoms with Crippen molar-refractivity contribution in [3.63, 3.8) is 0 Å². The number of nitrogens with zero attached hydrogens (tertiary/aromatic N) is 3. The Hall–Kier alpha value is -1.73. The van der Waals surface area contributed by atoms with Crippen LogP contribution in [0.15, 0.2) is 47.1 Å². The van der Waals surface area contributed by atoms with E-state index in [0.717, 1.165) is 31.2 Å². The standard InChI is InChI=1S/C16H9ClIN3O/c17-7-10-8-22-16(19-10)11-2-1-3-13-15(11)21-14-6-9(18)4-5-12(14)20-13/h1-6,8H,7H2. The molecule has 0 bridgehead atoms. The summed E-state index contributed by atoms with van der Waals surface area (Å²) in [5.41, 5.74) is 4.85. The number of hydrogen-bond acceptors (Lipinski definition) is 4. The van der Waals surface area contributed by atoms with Crippen molar-refractivity contribution >= 4 is 56.3 Å². The summed E-state index contributed by atoms with van der Waals surface area (Å²) in [6, 6.07) is 11.8. The summed E-state index contributed by atoms with van der Waals surface area (Å²) in [5.74, 6) is 0.835. The summed E-state index contributed by atoms with van der Waals surface area (Å²) in [7, 11) is 0. The zero-order valence-electron chi connectivity index (χ0n) is 11.3. The number of rotatable bonds is 2. The predicted molar refractivity (Wildman–Crippen MR) is 94.8 cm³/mol. The van der Waals surface area contributed by atoms with Gasteiger partial charge in [0.25, 0.3) is 0 Å². The Balaban J connectivity index is 2.02. The van der Waals surface area contributed by atoms with Gasteiger partial charge in [0, 0.05) is 3.57 Å². The first-order valence-electron chi connectivity index (χ1n) is 6.61. The molecule has 6 heteroatoms. The van der Waals surface area contributed by atoms with E-state index in [0.29, 0.717) is 17.5 Å². The lowest BCUT2D eigenvalue weighted by Crippen LogP contribution is -1.91. The highest BCUT2D eigenvalue weighted by Gasteiger charge is 2.13. The average Bonchev–Trinajstić information content (AvgIpc) is 3.01. The van der Waals surface area contributed by atoms with Gasteiger partial charge in [0.1, 0.15) is 11.8 Å². The lowest BCUT2D eigenvalue weighted by Gasteiger charge is -2.04. The molecule has 0 saturated heterocycles. The minimum atomic E-state index is 0.321. The molecule has 0 spiro atoms. The molecule has 0 atom stereocenters. The molecule has 0 aliphatic heterocycles. The smallest absolute Gasteiger partial charge is 0.228 e. The maximum Gasteiger partial charge on any atom is 0.228 e. The largest absolute Gasteiger partial charge is 0.444 e. The second kappa shape index (κ2) is 5.48. The number of halogens is 2. The Morgan fingerprint density at radius 2 is 1.91 bits per heavy atom. The van der Waals surface area contributed by atoms with Crippen molar-refractivity contribution in [3.05, 3.63) is 51.9 Å². The predicted octanol–water partition coefficient (Wildman–Crippen LogP) is 4.78. The number of benzene rings is 2. The summed E-state index contributed by atoms with van der Waals surface area (Å²) < 4.78 is 6.64. The minimum Gasteiger partial charge on any atom is -0.444 e. The van der Waals surface area contributed by atoms with Crippen molar-refractivity contribution in [2.75, 3.05) is 0 Å². The maximum absolute atomic E-state index is 5.79. The van der Waals surface area contributed by atoms with Crippen molar-refractivity contribution < 1.29 is 4.42 Å². The maximum atomic E-state index is 5.79.